The highest BCUT2D eigenvalue weighted by molar-refractivity contribution is 5.81. The van der Waals surface area contributed by atoms with Gasteiger partial charge in [-0.25, -0.2) is 9.37 Å². The zero-order valence-electron chi connectivity index (χ0n) is 15.4. The Bertz CT molecular complexity index is 1070. The number of hydrogen-bond acceptors (Lipinski definition) is 6. The van der Waals surface area contributed by atoms with E-state index in [0.717, 1.165) is 11.3 Å². The molecule has 0 unspecified atom stereocenters. The van der Waals surface area contributed by atoms with Crippen LogP contribution in [-0.2, 0) is 7.05 Å². The fourth-order valence-electron chi connectivity index (χ4n) is 2.94. The van der Waals surface area contributed by atoms with E-state index in [-0.39, 0.29) is 22.7 Å². The van der Waals surface area contributed by atoms with Crippen LogP contribution in [0.1, 0.15) is 11.3 Å². The van der Waals surface area contributed by atoms with Crippen LogP contribution in [-0.4, -0.2) is 29.0 Å². The minimum absolute atomic E-state index is 0.0161. The standard InChI is InChI=1S/C19H18FN5O2/c1-10-14(9-25(2)24-10)16-5-11(13(8-21)19(22)23-16)12-6-17(26-3)18(27-4)7-15(12)20/h5-7,9H,1-4H3,(H2,22,23). The SMILES string of the molecule is COc1cc(F)c(-c2cc(-c3cn(C)nc3C)nc(N)c2C#N)cc1OC. The topological polar surface area (TPSA) is 99.0 Å². The summed E-state index contributed by atoms with van der Waals surface area (Å²) in [5.74, 6) is 0.0425. The third-order valence-corrected chi connectivity index (χ3v) is 4.21. The van der Waals surface area contributed by atoms with E-state index in [9.17, 15) is 9.65 Å². The molecule has 1 aromatic carbocycles. The van der Waals surface area contributed by atoms with Crippen molar-refractivity contribution in [2.75, 3.05) is 20.0 Å². The number of nitrogen functional groups attached to an aromatic ring is 1. The molecule has 0 amide bonds. The van der Waals surface area contributed by atoms with Crippen LogP contribution < -0.4 is 15.2 Å². The third kappa shape index (κ3) is 3.15. The first-order chi connectivity index (χ1) is 12.9. The van der Waals surface area contributed by atoms with E-state index in [1.165, 1.54) is 26.4 Å². The molecule has 0 spiro atoms. The first-order valence-electron chi connectivity index (χ1n) is 8.02. The summed E-state index contributed by atoms with van der Waals surface area (Å²) in [5, 5.41) is 13.8. The molecule has 7 nitrogen and oxygen atoms in total. The summed E-state index contributed by atoms with van der Waals surface area (Å²) >= 11 is 0. The normalized spacial score (nSPS) is 10.5. The maximum atomic E-state index is 14.8. The van der Waals surface area contributed by atoms with Crippen molar-refractivity contribution in [2.24, 2.45) is 7.05 Å². The third-order valence-electron chi connectivity index (χ3n) is 4.21. The van der Waals surface area contributed by atoms with Gasteiger partial charge in [-0.05, 0) is 19.1 Å². The van der Waals surface area contributed by atoms with Gasteiger partial charge in [0.2, 0.25) is 0 Å². The van der Waals surface area contributed by atoms with Gasteiger partial charge in [-0.3, -0.25) is 4.68 Å². The predicted octanol–water partition coefficient (Wildman–Crippen LogP) is 3.07. The molecule has 3 aromatic rings. The Kier molecular flexibility index (Phi) is 4.69. The Morgan fingerprint density at radius 3 is 2.33 bits per heavy atom. The van der Waals surface area contributed by atoms with Crippen LogP contribution in [0.25, 0.3) is 22.4 Å². The number of nitriles is 1. The smallest absolute Gasteiger partial charge is 0.163 e. The second-order valence-electron chi connectivity index (χ2n) is 5.92. The molecule has 0 atom stereocenters. The minimum Gasteiger partial charge on any atom is -0.493 e. The van der Waals surface area contributed by atoms with Crippen LogP contribution >= 0.6 is 0 Å². The highest BCUT2D eigenvalue weighted by Gasteiger charge is 2.20. The van der Waals surface area contributed by atoms with Gasteiger partial charge in [0.1, 0.15) is 23.3 Å². The summed E-state index contributed by atoms with van der Waals surface area (Å²) in [5.41, 5.74) is 8.57. The molecule has 0 bridgehead atoms. The second-order valence-corrected chi connectivity index (χ2v) is 5.92. The number of aryl methyl sites for hydroxylation is 2. The molecule has 0 radical (unpaired) electrons. The number of nitrogens with zero attached hydrogens (tertiary/aromatic N) is 4. The number of benzene rings is 1. The largest absolute Gasteiger partial charge is 0.493 e. The van der Waals surface area contributed by atoms with Gasteiger partial charge < -0.3 is 15.2 Å². The van der Waals surface area contributed by atoms with Crippen molar-refractivity contribution in [3.63, 3.8) is 0 Å². The van der Waals surface area contributed by atoms with Gasteiger partial charge in [-0.2, -0.15) is 10.4 Å². The first kappa shape index (κ1) is 18.2. The zero-order chi connectivity index (χ0) is 19.7. The lowest BCUT2D eigenvalue weighted by atomic mass is 9.97. The summed E-state index contributed by atoms with van der Waals surface area (Å²) in [6.45, 7) is 1.84. The number of ether oxygens (including phenoxy) is 2. The van der Waals surface area contributed by atoms with Gasteiger partial charge in [0.15, 0.2) is 11.5 Å². The van der Waals surface area contributed by atoms with Gasteiger partial charge in [-0.15, -0.1) is 0 Å². The number of anilines is 1. The Morgan fingerprint density at radius 1 is 1.11 bits per heavy atom. The van der Waals surface area contributed by atoms with Gasteiger partial charge in [0.25, 0.3) is 0 Å². The molecular formula is C19H18FN5O2. The second kappa shape index (κ2) is 6.96. The molecule has 0 fully saturated rings. The quantitative estimate of drug-likeness (QED) is 0.761. The molecule has 0 saturated heterocycles. The number of rotatable bonds is 4. The number of halogens is 1. The highest BCUT2D eigenvalue weighted by atomic mass is 19.1. The molecule has 2 N–H and O–H groups in total. The summed E-state index contributed by atoms with van der Waals surface area (Å²) in [6, 6.07) is 6.32. The molecular weight excluding hydrogens is 349 g/mol. The Morgan fingerprint density at radius 2 is 1.78 bits per heavy atom. The molecule has 27 heavy (non-hydrogen) atoms. The monoisotopic (exact) mass is 367 g/mol. The van der Waals surface area contributed by atoms with Gasteiger partial charge >= 0.3 is 0 Å². The Balaban J connectivity index is 2.30. The van der Waals surface area contributed by atoms with Crippen molar-refractivity contribution < 1.29 is 13.9 Å². The Labute approximate surface area is 155 Å². The molecule has 2 aromatic heterocycles. The van der Waals surface area contributed by atoms with Crippen LogP contribution in [0.5, 0.6) is 11.5 Å². The van der Waals surface area contributed by atoms with E-state index in [2.05, 4.69) is 10.1 Å². The minimum atomic E-state index is -0.566. The van der Waals surface area contributed by atoms with Crippen LogP contribution in [0.2, 0.25) is 0 Å². The molecule has 0 saturated carbocycles. The highest BCUT2D eigenvalue weighted by Crippen LogP contribution is 2.38. The summed E-state index contributed by atoms with van der Waals surface area (Å²) in [7, 11) is 4.67. The predicted molar refractivity (Wildman–Crippen MR) is 98.8 cm³/mol. The first-order valence-corrected chi connectivity index (χ1v) is 8.02. The van der Waals surface area contributed by atoms with Crippen molar-refractivity contribution in [1.82, 2.24) is 14.8 Å². The van der Waals surface area contributed by atoms with Gasteiger partial charge in [-0.1, -0.05) is 0 Å². The molecule has 0 aliphatic carbocycles. The van der Waals surface area contributed by atoms with Crippen LogP contribution in [0.3, 0.4) is 0 Å². The summed E-state index contributed by atoms with van der Waals surface area (Å²) in [4.78, 5) is 4.30. The molecule has 0 aliphatic rings. The van der Waals surface area contributed by atoms with Crippen LogP contribution in [0.4, 0.5) is 10.2 Å². The average Bonchev–Trinajstić information content (AvgIpc) is 2.98. The molecule has 0 aliphatic heterocycles. The van der Waals surface area contributed by atoms with E-state index < -0.39 is 5.82 Å². The number of aromatic nitrogens is 3. The maximum Gasteiger partial charge on any atom is 0.163 e. The average molecular weight is 367 g/mol. The number of nitrogens with two attached hydrogens (primary N) is 1. The lowest BCUT2D eigenvalue weighted by Gasteiger charge is -2.14. The van der Waals surface area contributed by atoms with Crippen LogP contribution in [0, 0.1) is 24.1 Å². The summed E-state index contributed by atoms with van der Waals surface area (Å²) in [6.07, 6.45) is 1.79. The molecule has 3 rings (SSSR count). The maximum absolute atomic E-state index is 14.8. The number of pyridine rings is 1. The van der Waals surface area contributed by atoms with Crippen LogP contribution in [0.15, 0.2) is 24.4 Å². The lowest BCUT2D eigenvalue weighted by molar-refractivity contribution is 0.352. The zero-order valence-corrected chi connectivity index (χ0v) is 15.4. The molecule has 138 valence electrons. The fraction of sp³-hybridized carbons (Fsp3) is 0.211. The van der Waals surface area contributed by atoms with Crippen molar-refractivity contribution in [2.45, 2.75) is 6.92 Å². The van der Waals surface area contributed by atoms with Gasteiger partial charge in [0.05, 0.1) is 25.6 Å². The number of hydrogen-bond donors (Lipinski definition) is 1. The van der Waals surface area contributed by atoms with E-state index in [1.807, 2.05) is 13.0 Å². The van der Waals surface area contributed by atoms with Crippen molar-refractivity contribution in [3.8, 4) is 40.0 Å². The van der Waals surface area contributed by atoms with E-state index >= 15 is 0 Å². The van der Waals surface area contributed by atoms with Crippen molar-refractivity contribution in [1.29, 1.82) is 5.26 Å². The Hall–Kier alpha value is -3.60. The van der Waals surface area contributed by atoms with E-state index in [0.29, 0.717) is 17.0 Å². The number of methoxy groups -OCH3 is 2. The van der Waals surface area contributed by atoms with Gasteiger partial charge in [0, 0.05) is 36.0 Å². The summed E-state index contributed by atoms with van der Waals surface area (Å²) < 4.78 is 26.8. The molecule has 8 heteroatoms. The van der Waals surface area contributed by atoms with E-state index in [4.69, 9.17) is 15.2 Å². The van der Waals surface area contributed by atoms with Crippen molar-refractivity contribution >= 4 is 5.82 Å². The van der Waals surface area contributed by atoms with Crippen molar-refractivity contribution in [3.05, 3.63) is 41.5 Å². The fourth-order valence-corrected chi connectivity index (χ4v) is 2.94. The van der Waals surface area contributed by atoms with E-state index in [1.54, 1.807) is 24.0 Å². The molecule has 2 heterocycles. The lowest BCUT2D eigenvalue weighted by Crippen LogP contribution is -2.01.